The van der Waals surface area contributed by atoms with E-state index in [1.54, 1.807) is 21.3 Å². The van der Waals surface area contributed by atoms with Gasteiger partial charge in [-0.25, -0.2) is 0 Å². The number of nitrogens with one attached hydrogen (secondary N) is 1. The smallest absolute Gasteiger partial charge is 0.257 e. The first-order valence-corrected chi connectivity index (χ1v) is 10.2. The van der Waals surface area contributed by atoms with Crippen molar-refractivity contribution in [2.75, 3.05) is 33.2 Å². The molecule has 0 bridgehead atoms. The van der Waals surface area contributed by atoms with Gasteiger partial charge in [-0.05, 0) is 36.2 Å². The van der Waals surface area contributed by atoms with Crippen LogP contribution >= 0.6 is 0 Å². The van der Waals surface area contributed by atoms with Crippen LogP contribution in [0.2, 0.25) is 0 Å². The fourth-order valence-electron chi connectivity index (χ4n) is 4.00. The summed E-state index contributed by atoms with van der Waals surface area (Å²) in [5, 5.41) is 3.52. The van der Waals surface area contributed by atoms with Crippen LogP contribution in [-0.2, 0) is 6.42 Å². The van der Waals surface area contributed by atoms with Crippen LogP contribution in [0.5, 0.6) is 17.2 Å². The maximum atomic E-state index is 13.5. The van der Waals surface area contributed by atoms with Gasteiger partial charge in [0.25, 0.3) is 5.91 Å². The third kappa shape index (κ3) is 3.89. The minimum atomic E-state index is -0.416. The Balaban J connectivity index is 1.77. The van der Waals surface area contributed by atoms with Crippen molar-refractivity contribution in [3.05, 3.63) is 83.4 Å². The summed E-state index contributed by atoms with van der Waals surface area (Å²) in [4.78, 5) is 15.3. The molecule has 1 N–H and O–H groups in total. The molecule has 0 saturated carbocycles. The van der Waals surface area contributed by atoms with Gasteiger partial charge in [0.05, 0.1) is 26.9 Å². The van der Waals surface area contributed by atoms with E-state index in [1.165, 1.54) is 5.56 Å². The number of ether oxygens (including phenoxy) is 3. The fraction of sp³-hybridized carbons (Fsp3) is 0.240. The molecule has 160 valence electrons. The predicted molar refractivity (Wildman–Crippen MR) is 120 cm³/mol. The van der Waals surface area contributed by atoms with E-state index in [1.807, 2.05) is 59.5 Å². The number of benzene rings is 3. The Kier molecular flexibility index (Phi) is 5.98. The number of fused-ring (bicyclic) bond motifs is 1. The van der Waals surface area contributed by atoms with Gasteiger partial charge in [-0.3, -0.25) is 4.79 Å². The highest BCUT2D eigenvalue weighted by molar-refractivity contribution is 6.01. The number of carbonyl (C=O) groups is 1. The standard InChI is InChI=1S/C25H26N2O4/c1-29-21-14-13-19(22(30-2)23(21)31-3)24-26-20-12-8-7-11-18(20)25(28)27(24)16-15-17-9-5-4-6-10-17/h4-14,24,26H,15-16H2,1-3H3. The summed E-state index contributed by atoms with van der Waals surface area (Å²) < 4.78 is 16.7. The van der Waals surface area contributed by atoms with Crippen LogP contribution in [0.25, 0.3) is 0 Å². The first-order valence-electron chi connectivity index (χ1n) is 10.2. The number of para-hydroxylation sites is 1. The lowest BCUT2D eigenvalue weighted by Crippen LogP contribution is -2.44. The van der Waals surface area contributed by atoms with Crippen molar-refractivity contribution in [3.63, 3.8) is 0 Å². The average molecular weight is 418 g/mol. The predicted octanol–water partition coefficient (Wildman–Crippen LogP) is 4.52. The Labute approximate surface area is 182 Å². The zero-order chi connectivity index (χ0) is 21.8. The monoisotopic (exact) mass is 418 g/mol. The van der Waals surface area contributed by atoms with Gasteiger partial charge in [0.1, 0.15) is 6.17 Å². The maximum absolute atomic E-state index is 13.5. The lowest BCUT2D eigenvalue weighted by molar-refractivity contribution is 0.0683. The van der Waals surface area contributed by atoms with Gasteiger partial charge < -0.3 is 24.4 Å². The van der Waals surface area contributed by atoms with Gasteiger partial charge in [0.2, 0.25) is 5.75 Å². The molecule has 6 nitrogen and oxygen atoms in total. The Hall–Kier alpha value is -3.67. The van der Waals surface area contributed by atoms with E-state index in [9.17, 15) is 4.79 Å². The van der Waals surface area contributed by atoms with E-state index in [2.05, 4.69) is 17.4 Å². The molecular formula is C25H26N2O4. The van der Waals surface area contributed by atoms with Crippen molar-refractivity contribution in [2.24, 2.45) is 0 Å². The van der Waals surface area contributed by atoms with Crippen molar-refractivity contribution in [3.8, 4) is 17.2 Å². The molecule has 0 aromatic heterocycles. The number of hydrogen-bond donors (Lipinski definition) is 1. The second kappa shape index (κ2) is 9.00. The second-order valence-electron chi connectivity index (χ2n) is 7.25. The Bertz CT molecular complexity index is 1070. The van der Waals surface area contributed by atoms with Crippen LogP contribution < -0.4 is 19.5 Å². The van der Waals surface area contributed by atoms with E-state index in [0.717, 1.165) is 17.7 Å². The molecule has 3 aromatic rings. The molecule has 3 aromatic carbocycles. The first-order chi connectivity index (χ1) is 15.2. The van der Waals surface area contributed by atoms with Gasteiger partial charge >= 0.3 is 0 Å². The van der Waals surface area contributed by atoms with Gasteiger partial charge in [-0.1, -0.05) is 42.5 Å². The molecule has 1 aliphatic heterocycles. The molecule has 1 atom stereocenters. The minimum Gasteiger partial charge on any atom is -0.493 e. The molecule has 4 rings (SSSR count). The average Bonchev–Trinajstić information content (AvgIpc) is 2.83. The third-order valence-electron chi connectivity index (χ3n) is 5.54. The van der Waals surface area contributed by atoms with Crippen molar-refractivity contribution >= 4 is 11.6 Å². The van der Waals surface area contributed by atoms with Gasteiger partial charge in [0.15, 0.2) is 11.5 Å². The zero-order valence-corrected chi connectivity index (χ0v) is 17.9. The number of methoxy groups -OCH3 is 3. The molecule has 1 aliphatic rings. The summed E-state index contributed by atoms with van der Waals surface area (Å²) in [7, 11) is 4.75. The number of amides is 1. The second-order valence-corrected chi connectivity index (χ2v) is 7.25. The topological polar surface area (TPSA) is 60.0 Å². The van der Waals surface area contributed by atoms with Gasteiger partial charge in [-0.2, -0.15) is 0 Å². The molecule has 1 amide bonds. The van der Waals surface area contributed by atoms with Crippen molar-refractivity contribution in [1.82, 2.24) is 4.90 Å². The van der Waals surface area contributed by atoms with Crippen LogP contribution in [0.4, 0.5) is 5.69 Å². The Morgan fingerprint density at radius 3 is 2.26 bits per heavy atom. The zero-order valence-electron chi connectivity index (χ0n) is 17.9. The highest BCUT2D eigenvalue weighted by atomic mass is 16.5. The highest BCUT2D eigenvalue weighted by Gasteiger charge is 2.35. The summed E-state index contributed by atoms with van der Waals surface area (Å²) >= 11 is 0. The van der Waals surface area contributed by atoms with Crippen LogP contribution in [0.1, 0.15) is 27.7 Å². The molecule has 6 heteroatoms. The van der Waals surface area contributed by atoms with Crippen molar-refractivity contribution in [2.45, 2.75) is 12.6 Å². The van der Waals surface area contributed by atoms with Crippen molar-refractivity contribution < 1.29 is 19.0 Å². The largest absolute Gasteiger partial charge is 0.493 e. The summed E-state index contributed by atoms with van der Waals surface area (Å²) in [5.41, 5.74) is 3.43. The SMILES string of the molecule is COc1ccc(C2Nc3ccccc3C(=O)N2CCc2ccccc2)c(OC)c1OC. The lowest BCUT2D eigenvalue weighted by atomic mass is 10.0. The maximum Gasteiger partial charge on any atom is 0.257 e. The molecule has 0 aliphatic carbocycles. The number of anilines is 1. The van der Waals surface area contributed by atoms with Crippen molar-refractivity contribution in [1.29, 1.82) is 0 Å². The quantitative estimate of drug-likeness (QED) is 0.611. The number of carbonyl (C=O) groups excluding carboxylic acids is 1. The number of hydrogen-bond acceptors (Lipinski definition) is 5. The summed E-state index contributed by atoms with van der Waals surface area (Å²) in [5.74, 6) is 1.59. The first kappa shape index (κ1) is 20.6. The Morgan fingerprint density at radius 2 is 1.55 bits per heavy atom. The number of rotatable bonds is 7. The third-order valence-corrected chi connectivity index (χ3v) is 5.54. The van der Waals surface area contributed by atoms with Crippen LogP contribution in [-0.4, -0.2) is 38.7 Å². The van der Waals surface area contributed by atoms with E-state index >= 15 is 0 Å². The van der Waals surface area contributed by atoms with E-state index in [0.29, 0.717) is 29.4 Å². The Morgan fingerprint density at radius 1 is 0.839 bits per heavy atom. The molecule has 0 spiro atoms. The highest BCUT2D eigenvalue weighted by Crippen LogP contribution is 2.45. The summed E-state index contributed by atoms with van der Waals surface area (Å²) in [6.07, 6.45) is 0.323. The fourth-order valence-corrected chi connectivity index (χ4v) is 4.00. The molecule has 31 heavy (non-hydrogen) atoms. The lowest BCUT2D eigenvalue weighted by Gasteiger charge is -2.39. The van der Waals surface area contributed by atoms with Crippen LogP contribution in [0, 0.1) is 0 Å². The molecule has 0 radical (unpaired) electrons. The van der Waals surface area contributed by atoms with E-state index < -0.39 is 6.17 Å². The normalized spacial score (nSPS) is 15.1. The van der Waals surface area contributed by atoms with Gasteiger partial charge in [0, 0.05) is 17.8 Å². The van der Waals surface area contributed by atoms with Crippen LogP contribution in [0.15, 0.2) is 66.7 Å². The van der Waals surface area contributed by atoms with E-state index in [-0.39, 0.29) is 5.91 Å². The molecule has 0 saturated heterocycles. The van der Waals surface area contributed by atoms with Gasteiger partial charge in [-0.15, -0.1) is 0 Å². The molecular weight excluding hydrogens is 392 g/mol. The number of nitrogens with zero attached hydrogens (tertiary/aromatic N) is 1. The minimum absolute atomic E-state index is 0.0212. The van der Waals surface area contributed by atoms with E-state index in [4.69, 9.17) is 14.2 Å². The molecule has 1 heterocycles. The molecule has 0 fully saturated rings. The molecule has 1 unspecified atom stereocenters. The van der Waals surface area contributed by atoms with Crippen LogP contribution in [0.3, 0.4) is 0 Å². The summed E-state index contributed by atoms with van der Waals surface area (Å²) in [6, 6.07) is 21.5. The summed E-state index contributed by atoms with van der Waals surface area (Å²) in [6.45, 7) is 0.548.